The zero-order valence-electron chi connectivity index (χ0n) is 12.3. The van der Waals surface area contributed by atoms with Gasteiger partial charge in [0.15, 0.2) is 0 Å². The summed E-state index contributed by atoms with van der Waals surface area (Å²) in [5.74, 6) is -1.08. The topological polar surface area (TPSA) is 101 Å². The highest BCUT2D eigenvalue weighted by atomic mass is 32.2. The number of carbonyl (C=O) groups excluding carboxylic acids is 1. The van der Waals surface area contributed by atoms with Crippen molar-refractivity contribution in [3.8, 4) is 0 Å². The molecule has 1 amide bonds. The molecular weight excluding hydrogens is 309 g/mol. The highest BCUT2D eigenvalue weighted by Crippen LogP contribution is 2.20. The van der Waals surface area contributed by atoms with Crippen LogP contribution < -0.4 is 15.8 Å². The fourth-order valence-electron chi connectivity index (χ4n) is 2.48. The van der Waals surface area contributed by atoms with E-state index >= 15 is 0 Å². The van der Waals surface area contributed by atoms with E-state index in [1.165, 1.54) is 12.1 Å². The van der Waals surface area contributed by atoms with Crippen molar-refractivity contribution in [1.29, 1.82) is 0 Å². The van der Waals surface area contributed by atoms with E-state index in [1.54, 1.807) is 0 Å². The summed E-state index contributed by atoms with van der Waals surface area (Å²) in [5.41, 5.74) is 5.79. The predicted molar refractivity (Wildman–Crippen MR) is 82.6 cm³/mol. The first-order valence-electron chi connectivity index (χ1n) is 7.08. The van der Waals surface area contributed by atoms with Crippen molar-refractivity contribution in [2.75, 3.05) is 11.0 Å². The quantitative estimate of drug-likeness (QED) is 0.772. The summed E-state index contributed by atoms with van der Waals surface area (Å²) >= 11 is 0. The molecule has 0 spiro atoms. The van der Waals surface area contributed by atoms with Crippen molar-refractivity contribution in [1.82, 2.24) is 5.32 Å². The minimum Gasteiger partial charge on any atom is -0.349 e. The van der Waals surface area contributed by atoms with E-state index in [0.717, 1.165) is 38.0 Å². The molecule has 0 radical (unpaired) electrons. The van der Waals surface area contributed by atoms with Crippen molar-refractivity contribution in [3.63, 3.8) is 0 Å². The van der Waals surface area contributed by atoms with Gasteiger partial charge in [-0.2, -0.15) is 0 Å². The Hall–Kier alpha value is -1.67. The molecule has 1 saturated carbocycles. The van der Waals surface area contributed by atoms with Crippen LogP contribution in [0.15, 0.2) is 18.2 Å². The third-order valence-electron chi connectivity index (χ3n) is 3.63. The van der Waals surface area contributed by atoms with Crippen LogP contribution in [0.3, 0.4) is 0 Å². The van der Waals surface area contributed by atoms with Crippen molar-refractivity contribution in [3.05, 3.63) is 29.6 Å². The SMILES string of the molecule is CS(=O)(=O)Nc1cc(C(=O)NC2CCC(N)CC2)ccc1F. The molecule has 1 aliphatic carbocycles. The van der Waals surface area contributed by atoms with Crippen LogP contribution in [-0.4, -0.2) is 32.7 Å². The summed E-state index contributed by atoms with van der Waals surface area (Å²) < 4.78 is 38.0. The monoisotopic (exact) mass is 329 g/mol. The Kier molecular flexibility index (Phi) is 5.02. The molecule has 8 heteroatoms. The average Bonchev–Trinajstić information content (AvgIpc) is 2.42. The third kappa shape index (κ3) is 4.67. The van der Waals surface area contributed by atoms with Gasteiger partial charge in [-0.15, -0.1) is 0 Å². The summed E-state index contributed by atoms with van der Waals surface area (Å²) in [6.07, 6.45) is 4.25. The van der Waals surface area contributed by atoms with Gasteiger partial charge in [-0.25, -0.2) is 12.8 Å². The van der Waals surface area contributed by atoms with Gasteiger partial charge >= 0.3 is 0 Å². The van der Waals surface area contributed by atoms with E-state index in [9.17, 15) is 17.6 Å². The summed E-state index contributed by atoms with van der Waals surface area (Å²) in [7, 11) is -3.61. The molecular formula is C14H20FN3O3S. The minimum atomic E-state index is -3.61. The first kappa shape index (κ1) is 16.7. The fraction of sp³-hybridized carbons (Fsp3) is 0.500. The highest BCUT2D eigenvalue weighted by Gasteiger charge is 2.21. The molecule has 0 unspecified atom stereocenters. The Bertz CT molecular complexity index is 655. The Morgan fingerprint density at radius 2 is 1.91 bits per heavy atom. The normalized spacial score (nSPS) is 22.1. The summed E-state index contributed by atoms with van der Waals surface area (Å²) in [5, 5.41) is 2.87. The Labute approximate surface area is 129 Å². The first-order chi connectivity index (χ1) is 10.2. The van der Waals surface area contributed by atoms with E-state index in [-0.39, 0.29) is 29.2 Å². The largest absolute Gasteiger partial charge is 0.349 e. The van der Waals surface area contributed by atoms with Gasteiger partial charge in [-0.3, -0.25) is 9.52 Å². The van der Waals surface area contributed by atoms with Crippen molar-refractivity contribution < 1.29 is 17.6 Å². The Balaban J connectivity index is 2.08. The van der Waals surface area contributed by atoms with E-state index < -0.39 is 15.8 Å². The smallest absolute Gasteiger partial charge is 0.251 e. The van der Waals surface area contributed by atoms with E-state index in [1.807, 2.05) is 0 Å². The molecule has 1 fully saturated rings. The second kappa shape index (κ2) is 6.62. The minimum absolute atomic E-state index is 0.0451. The maximum absolute atomic E-state index is 13.6. The van der Waals surface area contributed by atoms with Gasteiger partial charge in [0.25, 0.3) is 5.91 Å². The molecule has 2 rings (SSSR count). The third-order valence-corrected chi connectivity index (χ3v) is 4.22. The van der Waals surface area contributed by atoms with Gasteiger partial charge in [0, 0.05) is 17.6 Å². The summed E-state index contributed by atoms with van der Waals surface area (Å²) in [6, 6.07) is 3.82. The molecule has 22 heavy (non-hydrogen) atoms. The van der Waals surface area contributed by atoms with Crippen molar-refractivity contribution in [2.45, 2.75) is 37.8 Å². The van der Waals surface area contributed by atoms with Crippen LogP contribution in [0.4, 0.5) is 10.1 Å². The number of nitrogens with two attached hydrogens (primary N) is 1. The van der Waals surface area contributed by atoms with Crippen molar-refractivity contribution in [2.24, 2.45) is 5.73 Å². The molecule has 122 valence electrons. The Morgan fingerprint density at radius 1 is 1.27 bits per heavy atom. The van der Waals surface area contributed by atoms with Gasteiger partial charge in [0.05, 0.1) is 11.9 Å². The number of amides is 1. The fourth-order valence-corrected chi connectivity index (χ4v) is 3.03. The molecule has 0 saturated heterocycles. The maximum Gasteiger partial charge on any atom is 0.251 e. The number of anilines is 1. The number of rotatable bonds is 4. The van der Waals surface area contributed by atoms with Crippen LogP contribution >= 0.6 is 0 Å². The van der Waals surface area contributed by atoms with Crippen molar-refractivity contribution >= 4 is 21.6 Å². The number of hydrogen-bond acceptors (Lipinski definition) is 4. The number of sulfonamides is 1. The number of carbonyl (C=O) groups is 1. The van der Waals surface area contributed by atoms with Gasteiger partial charge < -0.3 is 11.1 Å². The lowest BCUT2D eigenvalue weighted by Crippen LogP contribution is -2.40. The maximum atomic E-state index is 13.6. The number of nitrogens with one attached hydrogen (secondary N) is 2. The van der Waals surface area contributed by atoms with Crippen LogP contribution in [-0.2, 0) is 10.0 Å². The molecule has 1 aromatic rings. The molecule has 0 aliphatic heterocycles. The molecule has 1 aromatic carbocycles. The first-order valence-corrected chi connectivity index (χ1v) is 8.97. The van der Waals surface area contributed by atoms with Gasteiger partial charge in [0.2, 0.25) is 10.0 Å². The highest BCUT2D eigenvalue weighted by molar-refractivity contribution is 7.92. The molecule has 6 nitrogen and oxygen atoms in total. The Morgan fingerprint density at radius 3 is 2.50 bits per heavy atom. The standard InChI is InChI=1S/C14H20FN3O3S/c1-22(20,21)18-13-8-9(2-7-12(13)15)14(19)17-11-5-3-10(16)4-6-11/h2,7-8,10-11,18H,3-6,16H2,1H3,(H,17,19). The van der Waals surface area contributed by atoms with Crippen LogP contribution in [0.5, 0.6) is 0 Å². The van der Waals surface area contributed by atoms with Gasteiger partial charge in [0.1, 0.15) is 5.82 Å². The summed E-state index contributed by atoms with van der Waals surface area (Å²) in [4.78, 5) is 12.2. The van der Waals surface area contributed by atoms with E-state index in [4.69, 9.17) is 5.73 Å². The molecule has 0 bridgehead atoms. The zero-order valence-corrected chi connectivity index (χ0v) is 13.1. The van der Waals surface area contributed by atoms with Gasteiger partial charge in [-0.05, 0) is 43.9 Å². The average molecular weight is 329 g/mol. The van der Waals surface area contributed by atoms with Crippen LogP contribution in [0.2, 0.25) is 0 Å². The second-order valence-electron chi connectivity index (χ2n) is 5.65. The molecule has 0 heterocycles. The number of benzene rings is 1. The number of halogens is 1. The van der Waals surface area contributed by atoms with E-state index in [0.29, 0.717) is 0 Å². The molecule has 4 N–H and O–H groups in total. The van der Waals surface area contributed by atoms with Crippen LogP contribution in [0, 0.1) is 5.82 Å². The van der Waals surface area contributed by atoms with E-state index in [2.05, 4.69) is 10.0 Å². The van der Waals surface area contributed by atoms with Crippen LogP contribution in [0.1, 0.15) is 36.0 Å². The molecule has 1 aliphatic rings. The molecule has 0 atom stereocenters. The lowest BCUT2D eigenvalue weighted by molar-refractivity contribution is 0.0926. The lowest BCUT2D eigenvalue weighted by Gasteiger charge is -2.26. The number of hydrogen-bond donors (Lipinski definition) is 3. The van der Waals surface area contributed by atoms with Gasteiger partial charge in [-0.1, -0.05) is 0 Å². The van der Waals surface area contributed by atoms with Crippen LogP contribution in [0.25, 0.3) is 0 Å². The molecule has 0 aromatic heterocycles. The summed E-state index contributed by atoms with van der Waals surface area (Å²) in [6.45, 7) is 0. The zero-order chi connectivity index (χ0) is 16.3. The predicted octanol–water partition coefficient (Wildman–Crippen LogP) is 1.20. The second-order valence-corrected chi connectivity index (χ2v) is 7.40. The lowest BCUT2D eigenvalue weighted by atomic mass is 9.91.